The molecule has 0 aliphatic carbocycles. The lowest BCUT2D eigenvalue weighted by Gasteiger charge is -2.21. The summed E-state index contributed by atoms with van der Waals surface area (Å²) in [7, 11) is 0. The Bertz CT molecular complexity index is 1350. The van der Waals surface area contributed by atoms with E-state index in [1.807, 2.05) is 0 Å². The number of carbonyl (C=O) groups excluding carboxylic acids is 1. The van der Waals surface area contributed by atoms with E-state index in [4.69, 9.17) is 25.8 Å². The van der Waals surface area contributed by atoms with E-state index in [1.165, 1.54) is 23.1 Å². The molecule has 2 aromatic carbocycles. The average molecular weight is 551 g/mol. The van der Waals surface area contributed by atoms with Gasteiger partial charge in [0.25, 0.3) is 5.91 Å². The fourth-order valence-electron chi connectivity index (χ4n) is 4.47. The first-order valence-corrected chi connectivity index (χ1v) is 12.4. The van der Waals surface area contributed by atoms with E-state index in [1.54, 1.807) is 18.2 Å². The van der Waals surface area contributed by atoms with Crippen LogP contribution in [0.5, 0.6) is 11.5 Å². The largest absolute Gasteiger partial charge is 0.487 e. The standard InChI is InChI=1S/C27H23ClF4N2O4/c28-21-12-18(27(30,31)32)13-33-24(21)16-10-17-14-34(26(35)20-5-1-2-6-22(20)29)7-9-37-25(17)23(11-16)38-15-19-4-3-8-36-19/h1-2,5-6,10-13,19H,3-4,7-9,14-15H2. The number of rotatable bonds is 5. The van der Waals surface area contributed by atoms with Crippen molar-refractivity contribution >= 4 is 17.5 Å². The molecule has 1 fully saturated rings. The van der Waals surface area contributed by atoms with Gasteiger partial charge in [0, 0.05) is 30.5 Å². The van der Waals surface area contributed by atoms with Gasteiger partial charge in [0.05, 0.1) is 34.5 Å². The van der Waals surface area contributed by atoms with Crippen LogP contribution in [-0.4, -0.2) is 48.3 Å². The maximum Gasteiger partial charge on any atom is 0.417 e. The van der Waals surface area contributed by atoms with Crippen molar-refractivity contribution in [1.82, 2.24) is 9.88 Å². The van der Waals surface area contributed by atoms with E-state index in [2.05, 4.69) is 4.98 Å². The second-order valence-corrected chi connectivity index (χ2v) is 9.42. The second-order valence-electron chi connectivity index (χ2n) is 9.02. The molecule has 3 heterocycles. The maximum absolute atomic E-state index is 14.3. The Kier molecular flexibility index (Phi) is 7.45. The number of hydrogen-bond donors (Lipinski definition) is 0. The van der Waals surface area contributed by atoms with Crippen molar-refractivity contribution in [3.8, 4) is 22.8 Å². The zero-order valence-corrected chi connectivity index (χ0v) is 20.8. The molecule has 0 radical (unpaired) electrons. The van der Waals surface area contributed by atoms with E-state index in [0.29, 0.717) is 35.4 Å². The molecule has 1 atom stereocenters. The van der Waals surface area contributed by atoms with Crippen LogP contribution in [0.1, 0.15) is 34.3 Å². The van der Waals surface area contributed by atoms with Gasteiger partial charge in [-0.15, -0.1) is 0 Å². The van der Waals surface area contributed by atoms with Gasteiger partial charge in [-0.05, 0) is 43.2 Å². The van der Waals surface area contributed by atoms with E-state index >= 15 is 0 Å². The summed E-state index contributed by atoms with van der Waals surface area (Å²) in [6, 6.07) is 9.74. The topological polar surface area (TPSA) is 60.9 Å². The second kappa shape index (κ2) is 10.8. The molecule has 11 heteroatoms. The first-order chi connectivity index (χ1) is 18.2. The first-order valence-electron chi connectivity index (χ1n) is 12.0. The van der Waals surface area contributed by atoms with Gasteiger partial charge in [-0.2, -0.15) is 13.2 Å². The van der Waals surface area contributed by atoms with Crippen LogP contribution in [0, 0.1) is 5.82 Å². The van der Waals surface area contributed by atoms with E-state index in [9.17, 15) is 22.4 Å². The summed E-state index contributed by atoms with van der Waals surface area (Å²) in [4.78, 5) is 18.6. The van der Waals surface area contributed by atoms with Crippen LogP contribution in [0.3, 0.4) is 0 Å². The summed E-state index contributed by atoms with van der Waals surface area (Å²) >= 11 is 6.23. The number of carbonyl (C=O) groups is 1. The van der Waals surface area contributed by atoms with Gasteiger partial charge >= 0.3 is 6.18 Å². The van der Waals surface area contributed by atoms with Crippen LogP contribution in [0.4, 0.5) is 17.6 Å². The summed E-state index contributed by atoms with van der Waals surface area (Å²) < 4.78 is 71.5. The molecule has 2 aliphatic heterocycles. The van der Waals surface area contributed by atoms with Crippen LogP contribution >= 0.6 is 11.6 Å². The quantitative estimate of drug-likeness (QED) is 0.357. The van der Waals surface area contributed by atoms with Crippen molar-refractivity contribution in [2.24, 2.45) is 0 Å². The number of halogens is 5. The summed E-state index contributed by atoms with van der Waals surface area (Å²) in [5.74, 6) is -0.444. The third-order valence-corrected chi connectivity index (χ3v) is 6.67. The van der Waals surface area contributed by atoms with Crippen molar-refractivity contribution in [2.75, 3.05) is 26.4 Å². The molecule has 200 valence electrons. The molecule has 0 bridgehead atoms. The zero-order valence-electron chi connectivity index (χ0n) is 20.1. The average Bonchev–Trinajstić information content (AvgIpc) is 3.31. The molecule has 3 aromatic rings. The zero-order chi connectivity index (χ0) is 26.9. The Morgan fingerprint density at radius 2 is 2.00 bits per heavy atom. The van der Waals surface area contributed by atoms with Crippen LogP contribution in [0.2, 0.25) is 5.02 Å². The van der Waals surface area contributed by atoms with Gasteiger partial charge in [0.2, 0.25) is 0 Å². The number of aromatic nitrogens is 1. The van der Waals surface area contributed by atoms with E-state index in [-0.39, 0.29) is 48.7 Å². The van der Waals surface area contributed by atoms with Crippen LogP contribution in [0.25, 0.3) is 11.3 Å². The van der Waals surface area contributed by atoms with Gasteiger partial charge in [-0.1, -0.05) is 23.7 Å². The van der Waals surface area contributed by atoms with Gasteiger partial charge in [0.1, 0.15) is 19.0 Å². The molecule has 1 unspecified atom stereocenters. The third kappa shape index (κ3) is 5.56. The molecule has 5 rings (SSSR count). The molecule has 6 nitrogen and oxygen atoms in total. The minimum atomic E-state index is -4.60. The molecule has 0 N–H and O–H groups in total. The number of nitrogens with zero attached hydrogens (tertiary/aromatic N) is 2. The van der Waals surface area contributed by atoms with Crippen molar-refractivity contribution in [3.63, 3.8) is 0 Å². The number of ether oxygens (including phenoxy) is 3. The van der Waals surface area contributed by atoms with Gasteiger partial charge in [0.15, 0.2) is 11.5 Å². The van der Waals surface area contributed by atoms with Gasteiger partial charge in [-0.25, -0.2) is 4.39 Å². The van der Waals surface area contributed by atoms with Crippen molar-refractivity contribution in [3.05, 3.63) is 76.2 Å². The summed E-state index contributed by atoms with van der Waals surface area (Å²) in [6.07, 6.45) is -2.24. The number of hydrogen-bond acceptors (Lipinski definition) is 5. The predicted octanol–water partition coefficient (Wildman–Crippen LogP) is 6.15. The van der Waals surface area contributed by atoms with Crippen LogP contribution < -0.4 is 9.47 Å². The highest BCUT2D eigenvalue weighted by molar-refractivity contribution is 6.33. The van der Waals surface area contributed by atoms with Crippen LogP contribution in [0.15, 0.2) is 48.7 Å². The first kappa shape index (κ1) is 26.2. The monoisotopic (exact) mass is 550 g/mol. The normalized spacial score (nSPS) is 17.5. The Morgan fingerprint density at radius 1 is 1.18 bits per heavy atom. The lowest BCUT2D eigenvalue weighted by Crippen LogP contribution is -2.33. The molecule has 1 amide bonds. The fourth-order valence-corrected chi connectivity index (χ4v) is 4.75. The molecular weight excluding hydrogens is 528 g/mol. The van der Waals surface area contributed by atoms with E-state index < -0.39 is 23.5 Å². The number of fused-ring (bicyclic) bond motifs is 1. The molecular formula is C27H23ClF4N2O4. The fraction of sp³-hybridized carbons (Fsp3) is 0.333. The Labute approximate surface area is 221 Å². The number of pyridine rings is 1. The SMILES string of the molecule is O=C(c1ccccc1F)N1CCOc2c(cc(-c3ncc(C(F)(F)F)cc3Cl)cc2OCC2CCCO2)C1. The van der Waals surface area contributed by atoms with E-state index in [0.717, 1.165) is 18.9 Å². The number of benzene rings is 2. The highest BCUT2D eigenvalue weighted by Gasteiger charge is 2.32. The highest BCUT2D eigenvalue weighted by Crippen LogP contribution is 2.41. The Hall–Kier alpha value is -3.37. The third-order valence-electron chi connectivity index (χ3n) is 6.38. The minimum Gasteiger partial charge on any atom is -0.487 e. The van der Waals surface area contributed by atoms with Gasteiger partial charge < -0.3 is 19.1 Å². The predicted molar refractivity (Wildman–Crippen MR) is 131 cm³/mol. The smallest absolute Gasteiger partial charge is 0.417 e. The Morgan fingerprint density at radius 3 is 2.71 bits per heavy atom. The van der Waals surface area contributed by atoms with Crippen molar-refractivity contribution in [2.45, 2.75) is 31.7 Å². The molecule has 1 aromatic heterocycles. The molecule has 2 aliphatic rings. The number of alkyl halides is 3. The lowest BCUT2D eigenvalue weighted by molar-refractivity contribution is -0.137. The summed E-state index contributed by atoms with van der Waals surface area (Å²) in [6.45, 7) is 1.24. The lowest BCUT2D eigenvalue weighted by atomic mass is 10.0. The minimum absolute atomic E-state index is 0.0465. The highest BCUT2D eigenvalue weighted by atomic mass is 35.5. The molecule has 0 saturated carbocycles. The van der Waals surface area contributed by atoms with Crippen LogP contribution in [-0.2, 0) is 17.5 Å². The van der Waals surface area contributed by atoms with Crippen molar-refractivity contribution in [1.29, 1.82) is 0 Å². The summed E-state index contributed by atoms with van der Waals surface area (Å²) in [5, 5.41) is -0.196. The number of amides is 1. The van der Waals surface area contributed by atoms with Gasteiger partial charge in [-0.3, -0.25) is 9.78 Å². The Balaban J connectivity index is 1.53. The maximum atomic E-state index is 14.3. The molecule has 38 heavy (non-hydrogen) atoms. The molecule has 0 spiro atoms. The molecule has 1 saturated heterocycles. The summed E-state index contributed by atoms with van der Waals surface area (Å²) in [5.41, 5.74) is -0.0330. The van der Waals surface area contributed by atoms with Crippen molar-refractivity contribution < 1.29 is 36.6 Å².